The lowest BCUT2D eigenvalue weighted by Crippen LogP contribution is -2.52. The minimum absolute atomic E-state index is 0.0340. The molecule has 14 heteroatoms. The van der Waals surface area contributed by atoms with Crippen LogP contribution in [0.25, 0.3) is 22.5 Å². The zero-order chi connectivity index (χ0) is 29.7. The van der Waals surface area contributed by atoms with Crippen molar-refractivity contribution in [3.05, 3.63) is 53.6 Å². The molecule has 2 aromatic carbocycles. The van der Waals surface area contributed by atoms with Crippen LogP contribution in [0.4, 0.5) is 23.7 Å². The minimum atomic E-state index is -4.91. The summed E-state index contributed by atoms with van der Waals surface area (Å²) < 4.78 is 47.1. The van der Waals surface area contributed by atoms with Crippen LogP contribution in [0, 0.1) is 0 Å². The molecule has 2 N–H and O–H groups in total. The minimum Gasteiger partial charge on any atom is -0.444 e. The molecule has 4 amide bonds. The molecule has 0 saturated carbocycles. The van der Waals surface area contributed by atoms with Gasteiger partial charge in [0.05, 0.1) is 0 Å². The maximum atomic E-state index is 14.0. The molecule has 214 valence electrons. The number of aromatic nitrogens is 3. The van der Waals surface area contributed by atoms with Crippen molar-refractivity contribution in [1.29, 1.82) is 0 Å². The highest BCUT2D eigenvalue weighted by molar-refractivity contribution is 6.05. The summed E-state index contributed by atoms with van der Waals surface area (Å²) in [5.74, 6) is -1.40. The number of anilines is 1. The molecule has 3 heterocycles. The van der Waals surface area contributed by atoms with Crippen LogP contribution >= 0.6 is 0 Å². The van der Waals surface area contributed by atoms with E-state index < -0.39 is 41.8 Å². The molecule has 3 aromatic rings. The zero-order valence-electron chi connectivity index (χ0n) is 22.2. The van der Waals surface area contributed by atoms with Gasteiger partial charge in [0.25, 0.3) is 5.91 Å². The van der Waals surface area contributed by atoms with E-state index in [2.05, 4.69) is 20.9 Å². The number of nitrogens with zero attached hydrogens (tertiary/aromatic N) is 4. The van der Waals surface area contributed by atoms with Crippen LogP contribution < -0.4 is 10.6 Å². The Morgan fingerprint density at radius 2 is 1.83 bits per heavy atom. The predicted octanol–water partition coefficient (Wildman–Crippen LogP) is 4.20. The molecule has 1 unspecified atom stereocenters. The molecule has 0 aliphatic carbocycles. The molecule has 11 nitrogen and oxygen atoms in total. The Morgan fingerprint density at radius 3 is 2.51 bits per heavy atom. The van der Waals surface area contributed by atoms with Gasteiger partial charge in [-0.25, -0.2) is 4.79 Å². The number of nitrogens with one attached hydrogen (secondary N) is 2. The van der Waals surface area contributed by atoms with Crippen molar-refractivity contribution < 1.29 is 37.1 Å². The van der Waals surface area contributed by atoms with Crippen molar-refractivity contribution in [2.45, 2.75) is 58.1 Å². The highest BCUT2D eigenvalue weighted by Crippen LogP contribution is 2.38. The van der Waals surface area contributed by atoms with Gasteiger partial charge in [-0.05, 0) is 57.0 Å². The summed E-state index contributed by atoms with van der Waals surface area (Å²) in [6, 6.07) is 9.37. The van der Waals surface area contributed by atoms with Crippen LogP contribution in [0.2, 0.25) is 0 Å². The number of rotatable bonds is 4. The van der Waals surface area contributed by atoms with E-state index >= 15 is 0 Å². The normalized spacial score (nSPS) is 17.4. The summed E-state index contributed by atoms with van der Waals surface area (Å²) in [6.45, 7) is 5.07. The van der Waals surface area contributed by atoms with Gasteiger partial charge in [0.2, 0.25) is 11.8 Å². The second kappa shape index (κ2) is 10.0. The second-order valence-corrected chi connectivity index (χ2v) is 10.6. The molecule has 2 aliphatic rings. The second-order valence-electron chi connectivity index (χ2n) is 10.6. The number of halogens is 3. The number of hydrogen-bond acceptors (Lipinski definition) is 7. The summed E-state index contributed by atoms with van der Waals surface area (Å²) in [4.78, 5) is 50.5. The average Bonchev–Trinajstić information content (AvgIpc) is 3.45. The average molecular weight is 571 g/mol. The summed E-state index contributed by atoms with van der Waals surface area (Å²) >= 11 is 0. The van der Waals surface area contributed by atoms with Gasteiger partial charge in [0.1, 0.15) is 23.0 Å². The number of ether oxygens (including phenoxy) is 1. The Hall–Kier alpha value is -4.75. The van der Waals surface area contributed by atoms with Crippen LogP contribution in [-0.2, 0) is 27.2 Å². The molecular formula is C27H25F3N6O5. The molecule has 0 radical (unpaired) electrons. The van der Waals surface area contributed by atoms with Gasteiger partial charge < -0.3 is 9.64 Å². The van der Waals surface area contributed by atoms with Crippen molar-refractivity contribution in [2.24, 2.45) is 0 Å². The van der Waals surface area contributed by atoms with Crippen molar-refractivity contribution in [2.75, 3.05) is 5.32 Å². The summed E-state index contributed by atoms with van der Waals surface area (Å²) in [7, 11) is 0. The third-order valence-corrected chi connectivity index (χ3v) is 6.49. The fourth-order valence-corrected chi connectivity index (χ4v) is 4.80. The number of alkyl halides is 3. The maximum Gasteiger partial charge on any atom is 0.506 e. The Balaban J connectivity index is 1.50. The maximum absolute atomic E-state index is 14.0. The van der Waals surface area contributed by atoms with Crippen molar-refractivity contribution in [3.8, 4) is 22.5 Å². The molecule has 5 rings (SSSR count). The van der Waals surface area contributed by atoms with E-state index in [-0.39, 0.29) is 52.3 Å². The van der Waals surface area contributed by atoms with Crippen LogP contribution in [-0.4, -0.2) is 55.4 Å². The molecule has 1 saturated heterocycles. The van der Waals surface area contributed by atoms with E-state index in [0.717, 1.165) is 0 Å². The fourth-order valence-electron chi connectivity index (χ4n) is 4.80. The number of carbonyl (C=O) groups is 4. The highest BCUT2D eigenvalue weighted by Gasteiger charge is 2.40. The lowest BCUT2D eigenvalue weighted by Gasteiger charge is -2.29. The quantitative estimate of drug-likeness (QED) is 0.449. The fraction of sp³-hybridized carbons (Fsp3) is 0.333. The Kier molecular flexibility index (Phi) is 6.79. The van der Waals surface area contributed by atoms with Gasteiger partial charge in [-0.2, -0.15) is 0 Å². The SMILES string of the molecule is CC(C)(C)OC(=O)Nc1cccc(-c2c(-c3ccc4c(c3)CN(C3CCC(=O)NC3=O)C4=O)nnn2C(F)(F)F)c1. The lowest BCUT2D eigenvalue weighted by atomic mass is 10.0. The largest absolute Gasteiger partial charge is 0.506 e. The molecule has 41 heavy (non-hydrogen) atoms. The Labute approximate surface area is 231 Å². The van der Waals surface area contributed by atoms with E-state index in [1.165, 1.54) is 47.4 Å². The molecule has 0 spiro atoms. The predicted molar refractivity (Wildman–Crippen MR) is 138 cm³/mol. The van der Waals surface area contributed by atoms with Gasteiger partial charge in [-0.1, -0.05) is 23.4 Å². The molecule has 1 aromatic heterocycles. The molecular weight excluding hydrogens is 545 g/mol. The van der Waals surface area contributed by atoms with Gasteiger partial charge in [-0.15, -0.1) is 23.0 Å². The first-order valence-electron chi connectivity index (χ1n) is 12.6. The molecule has 2 aliphatic heterocycles. The van der Waals surface area contributed by atoms with E-state index in [1.807, 2.05) is 0 Å². The first-order valence-corrected chi connectivity index (χ1v) is 12.6. The lowest BCUT2D eigenvalue weighted by molar-refractivity contribution is -0.211. The van der Waals surface area contributed by atoms with E-state index in [1.54, 1.807) is 20.8 Å². The van der Waals surface area contributed by atoms with E-state index in [0.29, 0.717) is 11.1 Å². The summed E-state index contributed by atoms with van der Waals surface area (Å²) in [6.07, 6.45) is -5.42. The van der Waals surface area contributed by atoms with Crippen LogP contribution in [0.1, 0.15) is 49.5 Å². The summed E-state index contributed by atoms with van der Waals surface area (Å²) in [5, 5.41) is 11.9. The van der Waals surface area contributed by atoms with Crippen LogP contribution in [0.5, 0.6) is 0 Å². The van der Waals surface area contributed by atoms with E-state index in [9.17, 15) is 32.3 Å². The smallest absolute Gasteiger partial charge is 0.444 e. The number of carbonyl (C=O) groups excluding carboxylic acids is 4. The number of imide groups is 1. The Bertz CT molecular complexity index is 1580. The van der Waals surface area contributed by atoms with Crippen molar-refractivity contribution in [3.63, 3.8) is 0 Å². The van der Waals surface area contributed by atoms with Crippen LogP contribution in [0.15, 0.2) is 42.5 Å². The van der Waals surface area contributed by atoms with Crippen molar-refractivity contribution >= 4 is 29.5 Å². The van der Waals surface area contributed by atoms with Gasteiger partial charge >= 0.3 is 12.4 Å². The summed E-state index contributed by atoms with van der Waals surface area (Å²) in [5.41, 5.74) is 0.0449. The molecule has 0 bridgehead atoms. The number of fused-ring (bicyclic) bond motifs is 1. The number of benzene rings is 2. The monoisotopic (exact) mass is 570 g/mol. The number of amides is 4. The highest BCUT2D eigenvalue weighted by atomic mass is 19.4. The standard InChI is InChI=1S/C27H25F3N6O5/c1-26(2,3)41-25(40)31-17-6-4-5-15(12-17)22-21(33-34-36(22)27(28,29)30)14-7-8-18-16(11-14)13-35(24(18)39)19-9-10-20(37)32-23(19)38/h4-8,11-12,19H,9-10,13H2,1-3H3,(H,31,40)(H,32,37,38). The van der Waals surface area contributed by atoms with Gasteiger partial charge in [-0.3, -0.25) is 25.0 Å². The van der Waals surface area contributed by atoms with Crippen LogP contribution in [0.3, 0.4) is 0 Å². The third kappa shape index (κ3) is 5.62. The zero-order valence-corrected chi connectivity index (χ0v) is 22.2. The molecule has 1 atom stereocenters. The van der Waals surface area contributed by atoms with E-state index in [4.69, 9.17) is 4.74 Å². The first-order chi connectivity index (χ1) is 19.2. The number of hydrogen-bond donors (Lipinski definition) is 2. The number of piperidine rings is 1. The molecule has 1 fully saturated rings. The third-order valence-electron chi connectivity index (χ3n) is 6.49. The topological polar surface area (TPSA) is 136 Å². The first kappa shape index (κ1) is 27.8. The Morgan fingerprint density at radius 1 is 1.07 bits per heavy atom. The van der Waals surface area contributed by atoms with Gasteiger partial charge in [0, 0.05) is 35.3 Å². The van der Waals surface area contributed by atoms with Gasteiger partial charge in [0.15, 0.2) is 0 Å². The van der Waals surface area contributed by atoms with Crippen molar-refractivity contribution in [1.82, 2.24) is 25.2 Å².